The van der Waals surface area contributed by atoms with Crippen LogP contribution < -0.4 is 15.8 Å². The average molecular weight is 547 g/mol. The standard InChI is InChI=1S/C31H38N4O5/c1-19-22-13-14-23(38-17-20-11-9-8-10-12-20)26-25(22)21(16-35(26)28(37)40-30(5,6)7)15-24(31(19,33)18-32)34-27(36)39-29(2,3)4/h8-14,16,19,24H,15,17,33H2,1-7H3,(H,34,36)/t19-,24-,31+/m0/s1. The highest BCUT2D eigenvalue weighted by atomic mass is 16.6. The molecule has 0 fully saturated rings. The number of hydrogen-bond donors (Lipinski definition) is 2. The van der Waals surface area contributed by atoms with Crippen LogP contribution in [0.2, 0.25) is 0 Å². The fourth-order valence-corrected chi connectivity index (χ4v) is 5.01. The number of nitrogens with one attached hydrogen (secondary N) is 1. The molecule has 40 heavy (non-hydrogen) atoms. The topological polar surface area (TPSA) is 129 Å². The van der Waals surface area contributed by atoms with E-state index in [0.29, 0.717) is 17.9 Å². The molecule has 2 aromatic carbocycles. The third kappa shape index (κ3) is 5.92. The maximum absolute atomic E-state index is 13.4. The summed E-state index contributed by atoms with van der Waals surface area (Å²) in [6.45, 7) is 12.8. The van der Waals surface area contributed by atoms with Crippen LogP contribution in [0.4, 0.5) is 9.59 Å². The maximum Gasteiger partial charge on any atom is 0.419 e. The number of carbonyl (C=O) groups is 2. The van der Waals surface area contributed by atoms with Crippen molar-refractivity contribution in [1.82, 2.24) is 9.88 Å². The largest absolute Gasteiger partial charge is 0.487 e. The normalized spacial score (nSPS) is 20.8. The zero-order chi connectivity index (χ0) is 29.5. The van der Waals surface area contributed by atoms with Crippen LogP contribution in [0.3, 0.4) is 0 Å². The van der Waals surface area contributed by atoms with Crippen LogP contribution >= 0.6 is 0 Å². The van der Waals surface area contributed by atoms with Crippen LogP contribution in [0, 0.1) is 11.3 Å². The number of nitriles is 1. The lowest BCUT2D eigenvalue weighted by Gasteiger charge is -2.36. The quantitative estimate of drug-likeness (QED) is 0.425. The molecular formula is C31H38N4O5. The zero-order valence-electron chi connectivity index (χ0n) is 24.2. The first-order valence-electron chi connectivity index (χ1n) is 13.4. The number of benzene rings is 2. The first-order valence-corrected chi connectivity index (χ1v) is 13.4. The fourth-order valence-electron chi connectivity index (χ4n) is 5.01. The molecule has 3 N–H and O–H groups in total. The second-order valence-electron chi connectivity index (χ2n) is 12.3. The molecule has 9 heteroatoms. The number of nitrogens with two attached hydrogens (primary N) is 1. The second kappa shape index (κ2) is 10.5. The Balaban J connectivity index is 1.86. The molecule has 3 atom stereocenters. The van der Waals surface area contributed by atoms with Crippen LogP contribution in [-0.2, 0) is 22.5 Å². The molecule has 0 bridgehead atoms. The molecular weight excluding hydrogens is 508 g/mol. The van der Waals surface area contributed by atoms with Crippen molar-refractivity contribution >= 4 is 23.1 Å². The van der Waals surface area contributed by atoms with E-state index in [1.54, 1.807) is 53.8 Å². The summed E-state index contributed by atoms with van der Waals surface area (Å²) in [5.74, 6) is -0.0242. The van der Waals surface area contributed by atoms with Crippen LogP contribution in [-0.4, -0.2) is 39.5 Å². The third-order valence-electron chi connectivity index (χ3n) is 6.92. The first-order chi connectivity index (χ1) is 18.6. The highest BCUT2D eigenvalue weighted by Gasteiger charge is 2.46. The van der Waals surface area contributed by atoms with Crippen molar-refractivity contribution in [2.24, 2.45) is 5.73 Å². The monoisotopic (exact) mass is 546 g/mol. The summed E-state index contributed by atoms with van der Waals surface area (Å²) in [6, 6.07) is 14.9. The molecule has 3 aromatic rings. The van der Waals surface area contributed by atoms with E-state index in [-0.39, 0.29) is 6.42 Å². The smallest absolute Gasteiger partial charge is 0.419 e. The van der Waals surface area contributed by atoms with Crippen LogP contribution in [0.25, 0.3) is 10.9 Å². The number of hydrogen-bond acceptors (Lipinski definition) is 7. The van der Waals surface area contributed by atoms with E-state index in [2.05, 4.69) is 11.4 Å². The van der Waals surface area contributed by atoms with E-state index in [1.165, 1.54) is 4.57 Å². The van der Waals surface area contributed by atoms with Crippen molar-refractivity contribution < 1.29 is 23.8 Å². The van der Waals surface area contributed by atoms with Gasteiger partial charge in [-0.3, -0.25) is 0 Å². The Morgan fingerprint density at radius 2 is 1.73 bits per heavy atom. The van der Waals surface area contributed by atoms with Crippen LogP contribution in [0.1, 0.15) is 71.1 Å². The lowest BCUT2D eigenvalue weighted by Crippen LogP contribution is -2.61. The van der Waals surface area contributed by atoms with E-state index < -0.39 is 40.9 Å². The number of rotatable bonds is 4. The number of amides is 1. The van der Waals surface area contributed by atoms with Gasteiger partial charge in [-0.2, -0.15) is 5.26 Å². The molecule has 4 rings (SSSR count). The van der Waals surface area contributed by atoms with Crippen molar-refractivity contribution in [3.05, 3.63) is 65.4 Å². The second-order valence-corrected chi connectivity index (χ2v) is 12.3. The summed E-state index contributed by atoms with van der Waals surface area (Å²) in [5.41, 5.74) is 6.86. The van der Waals surface area contributed by atoms with Gasteiger partial charge >= 0.3 is 12.2 Å². The highest BCUT2D eigenvalue weighted by Crippen LogP contribution is 2.44. The Morgan fingerprint density at radius 1 is 1.07 bits per heavy atom. The van der Waals surface area contributed by atoms with Crippen molar-refractivity contribution in [3.8, 4) is 11.8 Å². The number of carbonyl (C=O) groups excluding carboxylic acids is 2. The van der Waals surface area contributed by atoms with Gasteiger partial charge in [0.2, 0.25) is 0 Å². The molecule has 0 spiro atoms. The molecule has 9 nitrogen and oxygen atoms in total. The van der Waals surface area contributed by atoms with Crippen molar-refractivity contribution in [2.75, 3.05) is 0 Å². The molecule has 0 saturated carbocycles. The fraction of sp³-hybridized carbons (Fsp3) is 0.452. The van der Waals surface area contributed by atoms with E-state index in [4.69, 9.17) is 19.9 Å². The van der Waals surface area contributed by atoms with E-state index in [9.17, 15) is 14.9 Å². The lowest BCUT2D eigenvalue weighted by molar-refractivity contribution is 0.0480. The van der Waals surface area contributed by atoms with E-state index >= 15 is 0 Å². The highest BCUT2D eigenvalue weighted by molar-refractivity contribution is 5.98. The molecule has 212 valence electrons. The molecule has 1 amide bonds. The number of aromatic nitrogens is 1. The predicted molar refractivity (Wildman–Crippen MR) is 152 cm³/mol. The summed E-state index contributed by atoms with van der Waals surface area (Å²) in [5, 5.41) is 13.9. The summed E-state index contributed by atoms with van der Waals surface area (Å²) >= 11 is 0. The lowest BCUT2D eigenvalue weighted by atomic mass is 9.77. The Morgan fingerprint density at radius 3 is 2.33 bits per heavy atom. The molecule has 0 radical (unpaired) electrons. The van der Waals surface area contributed by atoms with Crippen molar-refractivity contribution in [3.63, 3.8) is 0 Å². The van der Waals surface area contributed by atoms with Gasteiger partial charge in [-0.05, 0) is 70.7 Å². The van der Waals surface area contributed by atoms with Gasteiger partial charge < -0.3 is 25.3 Å². The Labute approximate surface area is 235 Å². The van der Waals surface area contributed by atoms with Gasteiger partial charge in [-0.25, -0.2) is 14.2 Å². The minimum absolute atomic E-state index is 0.190. The molecule has 0 saturated heterocycles. The molecule has 0 aliphatic heterocycles. The first kappa shape index (κ1) is 29.0. The van der Waals surface area contributed by atoms with Crippen molar-refractivity contribution in [2.45, 2.75) is 90.2 Å². The summed E-state index contributed by atoms with van der Waals surface area (Å²) in [4.78, 5) is 26.3. The van der Waals surface area contributed by atoms with Crippen molar-refractivity contribution in [1.29, 1.82) is 5.26 Å². The van der Waals surface area contributed by atoms with Crippen LogP contribution in [0.5, 0.6) is 5.75 Å². The third-order valence-corrected chi connectivity index (χ3v) is 6.92. The Kier molecular flexibility index (Phi) is 7.61. The molecule has 1 aliphatic rings. The summed E-state index contributed by atoms with van der Waals surface area (Å²) < 4.78 is 18.9. The van der Waals surface area contributed by atoms with Gasteiger partial charge in [-0.1, -0.05) is 43.3 Å². The van der Waals surface area contributed by atoms with Gasteiger partial charge in [0.05, 0.1) is 12.1 Å². The molecule has 0 unspecified atom stereocenters. The predicted octanol–water partition coefficient (Wildman–Crippen LogP) is 5.78. The molecule has 1 aliphatic carbocycles. The number of nitrogens with zero attached hydrogens (tertiary/aromatic N) is 2. The summed E-state index contributed by atoms with van der Waals surface area (Å²) in [7, 11) is 0. The van der Waals surface area contributed by atoms with Gasteiger partial charge in [0.1, 0.15) is 34.6 Å². The number of alkyl carbamates (subject to hydrolysis) is 1. The number of ether oxygens (including phenoxy) is 3. The Hall–Kier alpha value is -4.03. The summed E-state index contributed by atoms with van der Waals surface area (Å²) in [6.07, 6.45) is 0.650. The van der Waals surface area contributed by atoms with Gasteiger partial charge in [0, 0.05) is 17.5 Å². The van der Waals surface area contributed by atoms with Crippen LogP contribution in [0.15, 0.2) is 48.7 Å². The maximum atomic E-state index is 13.4. The Bertz CT molecular complexity index is 1460. The van der Waals surface area contributed by atoms with Gasteiger partial charge in [0.15, 0.2) is 0 Å². The van der Waals surface area contributed by atoms with E-state index in [0.717, 1.165) is 22.1 Å². The average Bonchev–Trinajstić information content (AvgIpc) is 3.21. The minimum atomic E-state index is -1.46. The molecule has 1 aromatic heterocycles. The molecule has 1 heterocycles. The minimum Gasteiger partial charge on any atom is -0.487 e. The van der Waals surface area contributed by atoms with Gasteiger partial charge in [0.25, 0.3) is 0 Å². The van der Waals surface area contributed by atoms with E-state index in [1.807, 2.05) is 43.3 Å². The SMILES string of the molecule is C[C@H]1c2ccc(OCc3ccccc3)c3c2c(cn3C(=O)OC(C)(C)C)C[C@H](NC(=O)OC(C)(C)C)[C@@]1(N)C#N. The van der Waals surface area contributed by atoms with Gasteiger partial charge in [-0.15, -0.1) is 0 Å². The zero-order valence-corrected chi connectivity index (χ0v) is 24.2.